The molecule has 0 aliphatic heterocycles. The first-order chi connectivity index (χ1) is 16.1. The topological polar surface area (TPSA) is 58.9 Å². The Hall–Kier alpha value is -3.29. The number of benzene rings is 1. The minimum absolute atomic E-state index is 0.524. The van der Waals surface area contributed by atoms with E-state index < -0.39 is 0 Å². The van der Waals surface area contributed by atoms with Crippen LogP contribution in [0.5, 0.6) is 0 Å². The molecule has 0 spiro atoms. The molecule has 1 fully saturated rings. The Morgan fingerprint density at radius 1 is 1.09 bits per heavy atom. The van der Waals surface area contributed by atoms with Crippen LogP contribution in [0.1, 0.15) is 18.9 Å². The summed E-state index contributed by atoms with van der Waals surface area (Å²) >= 11 is 1.71. The fourth-order valence-corrected chi connectivity index (χ4v) is 5.55. The van der Waals surface area contributed by atoms with E-state index in [0.29, 0.717) is 6.04 Å². The second-order valence-corrected chi connectivity index (χ2v) is 10.1. The zero-order chi connectivity index (χ0) is 22.4. The van der Waals surface area contributed by atoms with Crippen molar-refractivity contribution in [2.45, 2.75) is 18.9 Å². The number of nitrogens with zero attached hydrogens (tertiary/aromatic N) is 5. The summed E-state index contributed by atoms with van der Waals surface area (Å²) in [5.74, 6) is 1.60. The van der Waals surface area contributed by atoms with Gasteiger partial charge in [-0.25, -0.2) is 15.0 Å². The Kier molecular flexibility index (Phi) is 5.08. The third kappa shape index (κ3) is 3.87. The van der Waals surface area contributed by atoms with Crippen LogP contribution >= 0.6 is 11.3 Å². The number of anilines is 2. The first kappa shape index (κ1) is 20.3. The van der Waals surface area contributed by atoms with Crippen molar-refractivity contribution in [3.8, 4) is 10.6 Å². The van der Waals surface area contributed by atoms with E-state index in [4.69, 9.17) is 4.98 Å². The van der Waals surface area contributed by atoms with Crippen molar-refractivity contribution in [3.63, 3.8) is 0 Å². The summed E-state index contributed by atoms with van der Waals surface area (Å²) in [6.07, 6.45) is 6.23. The second-order valence-electron chi connectivity index (χ2n) is 9.14. The predicted octanol–water partition coefficient (Wildman–Crippen LogP) is 5.96. The number of aromatic nitrogens is 4. The zero-order valence-electron chi connectivity index (χ0n) is 18.8. The van der Waals surface area contributed by atoms with Crippen LogP contribution in [-0.2, 0) is 0 Å². The van der Waals surface area contributed by atoms with Gasteiger partial charge in [0, 0.05) is 29.9 Å². The molecule has 1 N–H and O–H groups in total. The molecule has 1 saturated carbocycles. The van der Waals surface area contributed by atoms with Crippen LogP contribution in [-0.4, -0.2) is 45.1 Å². The van der Waals surface area contributed by atoms with Crippen molar-refractivity contribution in [1.82, 2.24) is 24.4 Å². The molecular formula is C26H26N6S. The summed E-state index contributed by atoms with van der Waals surface area (Å²) in [6, 6.07) is 17.3. The first-order valence-electron chi connectivity index (χ1n) is 11.3. The summed E-state index contributed by atoms with van der Waals surface area (Å²) in [5, 5.41) is 7.76. The van der Waals surface area contributed by atoms with Gasteiger partial charge < -0.3 is 14.8 Å². The predicted molar refractivity (Wildman–Crippen MR) is 136 cm³/mol. The molecular weight excluding hydrogens is 428 g/mol. The molecule has 0 amide bonds. The lowest BCUT2D eigenvalue weighted by atomic mass is 9.80. The number of hydrogen-bond acceptors (Lipinski definition) is 6. The highest BCUT2D eigenvalue weighted by molar-refractivity contribution is 7.13. The molecule has 1 aliphatic rings. The van der Waals surface area contributed by atoms with Crippen LogP contribution in [0.25, 0.3) is 32.5 Å². The van der Waals surface area contributed by atoms with Crippen molar-refractivity contribution in [1.29, 1.82) is 0 Å². The lowest BCUT2D eigenvalue weighted by molar-refractivity contribution is 0.159. The van der Waals surface area contributed by atoms with Gasteiger partial charge in [0.2, 0.25) is 0 Å². The minimum Gasteiger partial charge on any atom is -0.340 e. The highest BCUT2D eigenvalue weighted by Gasteiger charge is 2.31. The van der Waals surface area contributed by atoms with E-state index >= 15 is 0 Å². The highest BCUT2D eigenvalue weighted by Crippen LogP contribution is 2.40. The van der Waals surface area contributed by atoms with Gasteiger partial charge in [0.1, 0.15) is 17.8 Å². The third-order valence-corrected chi connectivity index (χ3v) is 7.36. The summed E-state index contributed by atoms with van der Waals surface area (Å²) in [6.45, 7) is 1.15. The van der Waals surface area contributed by atoms with Gasteiger partial charge in [-0.3, -0.25) is 0 Å². The molecule has 0 unspecified atom stereocenters. The largest absolute Gasteiger partial charge is 0.340 e. The molecule has 0 saturated heterocycles. The molecule has 5 aromatic rings. The van der Waals surface area contributed by atoms with Crippen molar-refractivity contribution < 1.29 is 0 Å². The molecule has 4 heterocycles. The zero-order valence-corrected chi connectivity index (χ0v) is 19.6. The van der Waals surface area contributed by atoms with E-state index in [2.05, 4.69) is 99.0 Å². The Bertz CT molecular complexity index is 1420. The van der Waals surface area contributed by atoms with Crippen LogP contribution in [0.4, 0.5) is 11.5 Å². The average molecular weight is 455 g/mol. The van der Waals surface area contributed by atoms with Crippen LogP contribution < -0.4 is 5.32 Å². The molecule has 7 heteroatoms. The van der Waals surface area contributed by atoms with Gasteiger partial charge in [0.25, 0.3) is 0 Å². The maximum absolute atomic E-state index is 4.89. The standard InChI is InChI=1S/C26H26N6S/c1-31(2)15-17-12-20(13-17)32-10-9-21-25(27-16-28-26(21)32)29-19-7-5-18-6-8-22(30-23(18)14-19)24-4-3-11-33-24/h3-11,14,16-17,20H,12-13,15H2,1-2H3,(H,27,28,29). The van der Waals surface area contributed by atoms with Crippen LogP contribution in [0.15, 0.2) is 66.4 Å². The maximum Gasteiger partial charge on any atom is 0.145 e. The molecule has 6 rings (SSSR count). The summed E-state index contributed by atoms with van der Waals surface area (Å²) < 4.78 is 2.32. The summed E-state index contributed by atoms with van der Waals surface area (Å²) in [7, 11) is 4.30. The monoisotopic (exact) mass is 454 g/mol. The number of thiophene rings is 1. The van der Waals surface area contributed by atoms with E-state index in [1.54, 1.807) is 17.7 Å². The highest BCUT2D eigenvalue weighted by atomic mass is 32.1. The van der Waals surface area contributed by atoms with E-state index in [-0.39, 0.29) is 0 Å². The van der Waals surface area contributed by atoms with E-state index in [0.717, 1.165) is 51.6 Å². The number of pyridine rings is 1. The van der Waals surface area contributed by atoms with Gasteiger partial charge in [0.15, 0.2) is 0 Å². The summed E-state index contributed by atoms with van der Waals surface area (Å²) in [5.41, 5.74) is 3.94. The smallest absolute Gasteiger partial charge is 0.145 e. The number of nitrogens with one attached hydrogen (secondary N) is 1. The van der Waals surface area contributed by atoms with Crippen molar-refractivity contribution in [3.05, 3.63) is 66.4 Å². The van der Waals surface area contributed by atoms with Crippen LogP contribution in [0.3, 0.4) is 0 Å². The molecule has 0 atom stereocenters. The van der Waals surface area contributed by atoms with Gasteiger partial charge in [-0.15, -0.1) is 11.3 Å². The van der Waals surface area contributed by atoms with E-state index in [1.165, 1.54) is 17.7 Å². The van der Waals surface area contributed by atoms with Gasteiger partial charge in [-0.1, -0.05) is 18.2 Å². The SMILES string of the molecule is CN(C)CC1CC(n2ccc3c(Nc4ccc5ccc(-c6cccs6)nc5c4)ncnc32)C1. The van der Waals surface area contributed by atoms with E-state index in [9.17, 15) is 0 Å². The number of rotatable bonds is 6. The Labute approximate surface area is 196 Å². The van der Waals surface area contributed by atoms with Crippen molar-refractivity contribution in [2.75, 3.05) is 26.0 Å². The van der Waals surface area contributed by atoms with Crippen molar-refractivity contribution in [2.24, 2.45) is 5.92 Å². The molecule has 0 radical (unpaired) electrons. The van der Waals surface area contributed by atoms with Gasteiger partial charge in [-0.05, 0) is 68.6 Å². The van der Waals surface area contributed by atoms with Gasteiger partial charge in [0.05, 0.1) is 21.5 Å². The molecule has 1 aliphatic carbocycles. The number of fused-ring (bicyclic) bond motifs is 2. The van der Waals surface area contributed by atoms with Crippen LogP contribution in [0, 0.1) is 5.92 Å². The fourth-order valence-electron chi connectivity index (χ4n) is 4.85. The van der Waals surface area contributed by atoms with Crippen LogP contribution in [0.2, 0.25) is 0 Å². The first-order valence-corrected chi connectivity index (χ1v) is 12.2. The molecule has 33 heavy (non-hydrogen) atoms. The fraction of sp³-hybridized carbons (Fsp3) is 0.269. The molecule has 0 bridgehead atoms. The summed E-state index contributed by atoms with van der Waals surface area (Å²) in [4.78, 5) is 17.5. The van der Waals surface area contributed by atoms with Crippen molar-refractivity contribution >= 4 is 44.8 Å². The normalized spacial score (nSPS) is 18.2. The number of hydrogen-bond donors (Lipinski definition) is 1. The van der Waals surface area contributed by atoms with Gasteiger partial charge >= 0.3 is 0 Å². The Balaban J connectivity index is 1.27. The van der Waals surface area contributed by atoms with E-state index in [1.807, 2.05) is 0 Å². The maximum atomic E-state index is 4.89. The Morgan fingerprint density at radius 3 is 2.79 bits per heavy atom. The lowest BCUT2D eigenvalue weighted by Gasteiger charge is -2.38. The molecule has 4 aromatic heterocycles. The average Bonchev–Trinajstić information content (AvgIpc) is 3.46. The minimum atomic E-state index is 0.524. The second kappa shape index (κ2) is 8.24. The third-order valence-electron chi connectivity index (χ3n) is 6.47. The lowest BCUT2D eigenvalue weighted by Crippen LogP contribution is -2.33. The quantitative estimate of drug-likeness (QED) is 0.343. The van der Waals surface area contributed by atoms with Gasteiger partial charge in [-0.2, -0.15) is 0 Å². The Morgan fingerprint density at radius 2 is 1.97 bits per heavy atom. The molecule has 166 valence electrons. The molecule has 6 nitrogen and oxygen atoms in total. The molecule has 1 aromatic carbocycles.